The van der Waals surface area contributed by atoms with Gasteiger partial charge in [-0.15, -0.1) is 11.3 Å². The van der Waals surface area contributed by atoms with E-state index in [2.05, 4.69) is 34.0 Å². The molecule has 0 aliphatic heterocycles. The van der Waals surface area contributed by atoms with Gasteiger partial charge in [0.25, 0.3) is 0 Å². The maximum absolute atomic E-state index is 5.74. The molecule has 0 saturated heterocycles. The molecule has 4 rings (SSSR count). The molecule has 0 saturated carbocycles. The van der Waals surface area contributed by atoms with Gasteiger partial charge in [-0.1, -0.05) is 0 Å². The first-order valence-electron chi connectivity index (χ1n) is 10.0. The molecule has 0 radical (unpaired) electrons. The van der Waals surface area contributed by atoms with Crippen molar-refractivity contribution in [3.8, 4) is 28.5 Å². The predicted molar refractivity (Wildman–Crippen MR) is 123 cm³/mol. The lowest BCUT2D eigenvalue weighted by Gasteiger charge is -2.13. The molecule has 0 unspecified atom stereocenters. The van der Waals surface area contributed by atoms with Gasteiger partial charge in [0, 0.05) is 34.7 Å². The van der Waals surface area contributed by atoms with E-state index >= 15 is 0 Å². The molecule has 2 N–H and O–H groups in total. The van der Waals surface area contributed by atoms with Crippen LogP contribution in [0.25, 0.3) is 22.8 Å². The molecule has 0 aliphatic rings. The highest BCUT2D eigenvalue weighted by Crippen LogP contribution is 2.30. The van der Waals surface area contributed by atoms with Crippen molar-refractivity contribution in [2.24, 2.45) is 0 Å². The molecule has 0 bridgehead atoms. The minimum Gasteiger partial charge on any atom is -0.496 e. The molecule has 31 heavy (non-hydrogen) atoms. The fourth-order valence-corrected chi connectivity index (χ4v) is 4.19. The van der Waals surface area contributed by atoms with E-state index in [9.17, 15) is 0 Å². The molecule has 7 nitrogen and oxygen atoms in total. The fourth-order valence-electron chi connectivity index (χ4n) is 3.46. The van der Waals surface area contributed by atoms with Crippen molar-refractivity contribution < 1.29 is 4.74 Å². The van der Waals surface area contributed by atoms with Crippen LogP contribution in [0, 0.1) is 13.8 Å². The zero-order valence-corrected chi connectivity index (χ0v) is 18.6. The Balaban J connectivity index is 1.69. The summed E-state index contributed by atoms with van der Waals surface area (Å²) in [6.45, 7) is 4.10. The van der Waals surface area contributed by atoms with Crippen LogP contribution in [0.4, 0.5) is 5.13 Å². The van der Waals surface area contributed by atoms with Crippen LogP contribution in [0.3, 0.4) is 0 Å². The summed E-state index contributed by atoms with van der Waals surface area (Å²) in [7, 11) is 1.69. The number of nitrogens with zero attached hydrogens (tertiary/aromatic N) is 5. The largest absolute Gasteiger partial charge is 0.496 e. The molecule has 3 aromatic heterocycles. The van der Waals surface area contributed by atoms with Gasteiger partial charge in [-0.3, -0.25) is 4.98 Å². The Morgan fingerprint density at radius 2 is 1.81 bits per heavy atom. The summed E-state index contributed by atoms with van der Waals surface area (Å²) in [5, 5.41) is 0.606. The highest BCUT2D eigenvalue weighted by molar-refractivity contribution is 7.15. The summed E-state index contributed by atoms with van der Waals surface area (Å²) in [5.74, 6) is 1.45. The number of aryl methyl sites for hydroxylation is 4. The van der Waals surface area contributed by atoms with Crippen LogP contribution in [0.5, 0.6) is 5.75 Å². The van der Waals surface area contributed by atoms with E-state index in [4.69, 9.17) is 20.4 Å². The lowest BCUT2D eigenvalue weighted by atomic mass is 10.0. The minimum absolute atomic E-state index is 0.579. The van der Waals surface area contributed by atoms with E-state index in [1.807, 2.05) is 19.2 Å². The summed E-state index contributed by atoms with van der Waals surface area (Å²) < 4.78 is 5.47. The number of anilines is 1. The van der Waals surface area contributed by atoms with Gasteiger partial charge in [0.05, 0.1) is 19.0 Å². The number of aromatic nitrogens is 5. The predicted octanol–water partition coefficient (Wildman–Crippen LogP) is 4.44. The van der Waals surface area contributed by atoms with Gasteiger partial charge >= 0.3 is 0 Å². The van der Waals surface area contributed by atoms with Crippen molar-refractivity contribution in [3.05, 3.63) is 64.7 Å². The lowest BCUT2D eigenvalue weighted by molar-refractivity contribution is 0.411. The molecular formula is C23H24N6OS. The van der Waals surface area contributed by atoms with E-state index < -0.39 is 0 Å². The first kappa shape index (κ1) is 20.9. The summed E-state index contributed by atoms with van der Waals surface area (Å²) in [6, 6.07) is 6.22. The van der Waals surface area contributed by atoms with Crippen LogP contribution < -0.4 is 10.5 Å². The zero-order valence-electron chi connectivity index (χ0n) is 17.8. The Hall–Kier alpha value is -3.39. The average Bonchev–Trinajstić information content (AvgIpc) is 3.20. The van der Waals surface area contributed by atoms with Crippen molar-refractivity contribution in [2.45, 2.75) is 33.1 Å². The van der Waals surface area contributed by atoms with Gasteiger partial charge in [-0.05, 0) is 62.4 Å². The van der Waals surface area contributed by atoms with Gasteiger partial charge in [0.2, 0.25) is 0 Å². The fraction of sp³-hybridized carbons (Fsp3) is 0.261. The number of hydrogen-bond acceptors (Lipinski definition) is 8. The number of ether oxygens (including phenoxy) is 1. The number of nitrogen functional groups attached to an aromatic ring is 1. The number of nitrogens with two attached hydrogens (primary N) is 1. The molecule has 0 spiro atoms. The highest BCUT2D eigenvalue weighted by Gasteiger charge is 2.14. The number of thiazole rings is 1. The van der Waals surface area contributed by atoms with E-state index in [-0.39, 0.29) is 0 Å². The Morgan fingerprint density at radius 1 is 0.935 bits per heavy atom. The third-order valence-electron chi connectivity index (χ3n) is 5.02. The molecule has 3 heterocycles. The van der Waals surface area contributed by atoms with Gasteiger partial charge in [0.15, 0.2) is 11.0 Å². The monoisotopic (exact) mass is 432 g/mol. The molecule has 0 amide bonds. The number of methoxy groups -OCH3 is 1. The van der Waals surface area contributed by atoms with Crippen LogP contribution in [0.2, 0.25) is 0 Å². The minimum atomic E-state index is 0.579. The molecule has 4 aromatic rings. The lowest BCUT2D eigenvalue weighted by Crippen LogP contribution is -2.02. The summed E-state index contributed by atoms with van der Waals surface area (Å²) >= 11 is 1.53. The van der Waals surface area contributed by atoms with E-state index in [0.717, 1.165) is 53.1 Å². The van der Waals surface area contributed by atoms with Crippen molar-refractivity contribution in [3.63, 3.8) is 0 Å². The zero-order chi connectivity index (χ0) is 21.8. The molecule has 0 fully saturated rings. The topological polar surface area (TPSA) is 99.7 Å². The Kier molecular flexibility index (Phi) is 6.18. The summed E-state index contributed by atoms with van der Waals surface area (Å²) in [5.41, 5.74) is 11.5. The molecule has 0 atom stereocenters. The molecular weight excluding hydrogens is 408 g/mol. The second kappa shape index (κ2) is 9.18. The smallest absolute Gasteiger partial charge is 0.180 e. The normalized spacial score (nSPS) is 10.9. The van der Waals surface area contributed by atoms with Crippen LogP contribution in [0.15, 0.2) is 43.0 Å². The third kappa shape index (κ3) is 4.86. The maximum Gasteiger partial charge on any atom is 0.180 e. The van der Waals surface area contributed by atoms with Gasteiger partial charge in [-0.2, -0.15) is 0 Å². The van der Waals surface area contributed by atoms with Crippen molar-refractivity contribution in [1.82, 2.24) is 24.9 Å². The first-order valence-corrected chi connectivity index (χ1v) is 10.9. The SMILES string of the molecule is COc1cc(C)c(-c2cc(CCCc3cnc(N)s3)nc(-c3cnccn3)n2)cc1C. The van der Waals surface area contributed by atoms with Gasteiger partial charge in [-0.25, -0.2) is 19.9 Å². The van der Waals surface area contributed by atoms with Crippen LogP contribution >= 0.6 is 11.3 Å². The summed E-state index contributed by atoms with van der Waals surface area (Å²) in [6.07, 6.45) is 9.51. The van der Waals surface area contributed by atoms with Gasteiger partial charge in [0.1, 0.15) is 11.4 Å². The standard InChI is InChI=1S/C23H24N6OS/c1-14-10-21(30-3)15(2)9-18(14)19-11-16(5-4-6-17-12-27-23(24)31-17)28-22(29-19)20-13-25-7-8-26-20/h7-13H,4-6H2,1-3H3,(H2,24,27). The second-order valence-corrected chi connectivity index (χ2v) is 8.46. The van der Waals surface area contributed by atoms with Crippen molar-refractivity contribution in [2.75, 3.05) is 12.8 Å². The molecule has 0 aliphatic carbocycles. The average molecular weight is 433 g/mol. The van der Waals surface area contributed by atoms with Crippen LogP contribution in [-0.2, 0) is 12.8 Å². The van der Waals surface area contributed by atoms with E-state index in [1.54, 1.807) is 25.7 Å². The highest BCUT2D eigenvalue weighted by atomic mass is 32.1. The first-order chi connectivity index (χ1) is 15.0. The Bertz CT molecular complexity index is 1190. The van der Waals surface area contributed by atoms with Gasteiger partial charge < -0.3 is 10.5 Å². The van der Waals surface area contributed by atoms with Crippen LogP contribution in [-0.4, -0.2) is 32.0 Å². The number of benzene rings is 1. The Labute approximate surface area is 185 Å². The van der Waals surface area contributed by atoms with E-state index in [0.29, 0.717) is 16.6 Å². The van der Waals surface area contributed by atoms with Crippen molar-refractivity contribution in [1.29, 1.82) is 0 Å². The molecule has 8 heteroatoms. The van der Waals surface area contributed by atoms with Crippen LogP contribution in [0.1, 0.15) is 28.1 Å². The number of hydrogen-bond donors (Lipinski definition) is 1. The maximum atomic E-state index is 5.74. The Morgan fingerprint density at radius 3 is 2.52 bits per heavy atom. The number of rotatable bonds is 7. The quantitative estimate of drug-likeness (QED) is 0.461. The second-order valence-electron chi connectivity index (χ2n) is 7.31. The third-order valence-corrected chi connectivity index (χ3v) is 5.90. The molecule has 158 valence electrons. The molecule has 1 aromatic carbocycles. The summed E-state index contributed by atoms with van der Waals surface area (Å²) in [4.78, 5) is 23.5. The van der Waals surface area contributed by atoms with Crippen molar-refractivity contribution >= 4 is 16.5 Å². The van der Waals surface area contributed by atoms with E-state index in [1.165, 1.54) is 16.2 Å².